The van der Waals surface area contributed by atoms with E-state index in [4.69, 9.17) is 4.74 Å². The number of hydrogen-bond donors (Lipinski definition) is 0. The monoisotopic (exact) mass is 272 g/mol. The zero-order valence-electron chi connectivity index (χ0n) is 13.0. The number of rotatable bonds is 7. The molecule has 0 aliphatic heterocycles. The van der Waals surface area contributed by atoms with E-state index in [0.717, 1.165) is 5.75 Å². The second kappa shape index (κ2) is 8.14. The van der Waals surface area contributed by atoms with Crippen LogP contribution < -0.4 is 4.74 Å². The highest BCUT2D eigenvalue weighted by Crippen LogP contribution is 2.33. The maximum atomic E-state index is 5.27. The van der Waals surface area contributed by atoms with Crippen LogP contribution in [0.2, 0.25) is 0 Å². The highest BCUT2D eigenvalue weighted by Gasteiger charge is 2.15. The summed E-state index contributed by atoms with van der Waals surface area (Å²) in [5, 5.41) is 0. The van der Waals surface area contributed by atoms with Gasteiger partial charge in [0.15, 0.2) is 0 Å². The summed E-state index contributed by atoms with van der Waals surface area (Å²) in [5.41, 5.74) is 3.17. The van der Waals surface area contributed by atoms with Crippen molar-refractivity contribution in [2.45, 2.75) is 64.2 Å². The smallest absolute Gasteiger partial charge is 0.118 e. The van der Waals surface area contributed by atoms with Crippen molar-refractivity contribution in [1.82, 2.24) is 0 Å². The molecule has 1 nitrogen and oxygen atoms in total. The van der Waals surface area contributed by atoms with E-state index in [-0.39, 0.29) is 0 Å². The summed E-state index contributed by atoms with van der Waals surface area (Å²) in [6, 6.07) is 8.71. The van der Waals surface area contributed by atoms with Crippen LogP contribution in [0.1, 0.15) is 69.8 Å². The molecule has 110 valence electrons. The van der Waals surface area contributed by atoms with Crippen molar-refractivity contribution < 1.29 is 4.74 Å². The predicted molar refractivity (Wildman–Crippen MR) is 86.4 cm³/mol. The molecule has 0 radical (unpaired) electrons. The van der Waals surface area contributed by atoms with Gasteiger partial charge in [0.25, 0.3) is 0 Å². The molecule has 0 spiro atoms. The summed E-state index contributed by atoms with van der Waals surface area (Å²) < 4.78 is 5.27. The van der Waals surface area contributed by atoms with Crippen LogP contribution in [0.4, 0.5) is 0 Å². The van der Waals surface area contributed by atoms with Crippen LogP contribution in [0.5, 0.6) is 5.75 Å². The Kier molecular flexibility index (Phi) is 6.17. The summed E-state index contributed by atoms with van der Waals surface area (Å²) in [4.78, 5) is 0. The molecule has 1 aliphatic carbocycles. The van der Waals surface area contributed by atoms with E-state index in [1.54, 1.807) is 12.7 Å². The van der Waals surface area contributed by atoms with Crippen LogP contribution in [-0.4, -0.2) is 7.11 Å². The lowest BCUT2D eigenvalue weighted by Gasteiger charge is -2.21. The molecule has 1 aliphatic rings. The van der Waals surface area contributed by atoms with E-state index >= 15 is 0 Å². The fraction of sp³-hybridized carbons (Fsp3) is 0.579. The third-order valence-electron chi connectivity index (χ3n) is 4.39. The van der Waals surface area contributed by atoms with E-state index in [2.05, 4.69) is 37.3 Å². The summed E-state index contributed by atoms with van der Waals surface area (Å²) >= 11 is 0. The van der Waals surface area contributed by atoms with Gasteiger partial charge in [-0.3, -0.25) is 0 Å². The molecular weight excluding hydrogens is 244 g/mol. The molecule has 0 fully saturated rings. The van der Waals surface area contributed by atoms with Gasteiger partial charge >= 0.3 is 0 Å². The first-order chi connectivity index (χ1) is 9.83. The molecule has 0 aromatic heterocycles. The van der Waals surface area contributed by atoms with Crippen molar-refractivity contribution in [1.29, 1.82) is 0 Å². The van der Waals surface area contributed by atoms with Crippen molar-refractivity contribution in [3.05, 3.63) is 41.5 Å². The molecular formula is C19H28O. The topological polar surface area (TPSA) is 9.23 Å². The molecule has 1 aromatic carbocycles. The lowest BCUT2D eigenvalue weighted by atomic mass is 9.84. The number of benzene rings is 1. The Morgan fingerprint density at radius 2 is 1.95 bits per heavy atom. The molecule has 2 rings (SSSR count). The Bertz CT molecular complexity index is 416. The number of allylic oxidation sites excluding steroid dienone is 2. The van der Waals surface area contributed by atoms with Crippen LogP contribution in [0, 0.1) is 0 Å². The van der Waals surface area contributed by atoms with Gasteiger partial charge in [-0.1, -0.05) is 43.5 Å². The first-order valence-electron chi connectivity index (χ1n) is 8.15. The normalized spacial score (nSPS) is 16.6. The molecule has 0 N–H and O–H groups in total. The molecule has 1 aromatic rings. The first-order valence-corrected chi connectivity index (χ1v) is 8.15. The standard InChI is InChI=1S/C19H28O/c1-3-4-10-18(15-16-8-6-5-7-9-16)17-11-13-19(20-2)14-12-17/h8,11-14,18H,3-7,9-10,15H2,1-2H3. The van der Waals surface area contributed by atoms with Crippen LogP contribution in [0.15, 0.2) is 35.9 Å². The highest BCUT2D eigenvalue weighted by atomic mass is 16.5. The van der Waals surface area contributed by atoms with E-state index in [9.17, 15) is 0 Å². The van der Waals surface area contributed by atoms with E-state index in [0.29, 0.717) is 5.92 Å². The number of methoxy groups -OCH3 is 1. The Morgan fingerprint density at radius 1 is 1.15 bits per heavy atom. The van der Waals surface area contributed by atoms with Gasteiger partial charge in [-0.2, -0.15) is 0 Å². The van der Waals surface area contributed by atoms with Crippen molar-refractivity contribution >= 4 is 0 Å². The van der Waals surface area contributed by atoms with Crippen LogP contribution in [0.3, 0.4) is 0 Å². The molecule has 0 bridgehead atoms. The number of ether oxygens (including phenoxy) is 1. The second-order valence-corrected chi connectivity index (χ2v) is 5.92. The molecule has 1 heteroatoms. The molecule has 0 saturated heterocycles. The summed E-state index contributed by atoms with van der Waals surface area (Å²) in [6.45, 7) is 2.28. The quantitative estimate of drug-likeness (QED) is 0.565. The maximum absolute atomic E-state index is 5.27. The molecule has 0 amide bonds. The van der Waals surface area contributed by atoms with E-state index < -0.39 is 0 Å². The minimum absolute atomic E-state index is 0.685. The van der Waals surface area contributed by atoms with Gasteiger partial charge in [0.1, 0.15) is 5.75 Å². The second-order valence-electron chi connectivity index (χ2n) is 5.92. The fourth-order valence-corrected chi connectivity index (χ4v) is 3.12. The largest absolute Gasteiger partial charge is 0.497 e. The predicted octanol–water partition coefficient (Wildman–Crippen LogP) is 5.86. The summed E-state index contributed by atoms with van der Waals surface area (Å²) in [7, 11) is 1.73. The number of hydrogen-bond acceptors (Lipinski definition) is 1. The van der Waals surface area contributed by atoms with Crippen LogP contribution in [-0.2, 0) is 0 Å². The molecule has 0 heterocycles. The minimum atomic E-state index is 0.685. The zero-order chi connectivity index (χ0) is 14.2. The van der Waals surface area contributed by atoms with Crippen molar-refractivity contribution in [3.8, 4) is 5.75 Å². The van der Waals surface area contributed by atoms with E-state index in [1.807, 2.05) is 0 Å². The average molecular weight is 272 g/mol. The van der Waals surface area contributed by atoms with Crippen LogP contribution >= 0.6 is 0 Å². The average Bonchev–Trinajstić information content (AvgIpc) is 2.52. The Balaban J connectivity index is 2.06. The first kappa shape index (κ1) is 15.2. The highest BCUT2D eigenvalue weighted by molar-refractivity contribution is 5.30. The Morgan fingerprint density at radius 3 is 2.55 bits per heavy atom. The molecule has 1 unspecified atom stereocenters. The SMILES string of the molecule is CCCCC(CC1=CCCCC1)c1ccc(OC)cc1. The number of unbranched alkanes of at least 4 members (excludes halogenated alkanes) is 1. The summed E-state index contributed by atoms with van der Waals surface area (Å²) in [6.07, 6.45) is 13.0. The van der Waals surface area contributed by atoms with Gasteiger partial charge in [-0.15, -0.1) is 0 Å². The lowest BCUT2D eigenvalue weighted by Crippen LogP contribution is -2.03. The third kappa shape index (κ3) is 4.40. The Labute approximate surface area is 124 Å². The molecule has 0 saturated carbocycles. The van der Waals surface area contributed by atoms with Gasteiger partial charge < -0.3 is 4.74 Å². The van der Waals surface area contributed by atoms with Gasteiger partial charge in [0.2, 0.25) is 0 Å². The van der Waals surface area contributed by atoms with Gasteiger partial charge in [-0.25, -0.2) is 0 Å². The fourth-order valence-electron chi connectivity index (χ4n) is 3.12. The van der Waals surface area contributed by atoms with Gasteiger partial charge in [0.05, 0.1) is 7.11 Å². The molecule has 20 heavy (non-hydrogen) atoms. The Hall–Kier alpha value is -1.24. The summed E-state index contributed by atoms with van der Waals surface area (Å²) in [5.74, 6) is 1.64. The van der Waals surface area contributed by atoms with E-state index in [1.165, 1.54) is 56.9 Å². The third-order valence-corrected chi connectivity index (χ3v) is 4.39. The zero-order valence-corrected chi connectivity index (χ0v) is 13.0. The van der Waals surface area contributed by atoms with Crippen LogP contribution in [0.25, 0.3) is 0 Å². The van der Waals surface area contributed by atoms with Crippen molar-refractivity contribution in [3.63, 3.8) is 0 Å². The van der Waals surface area contributed by atoms with Crippen molar-refractivity contribution in [2.24, 2.45) is 0 Å². The minimum Gasteiger partial charge on any atom is -0.497 e. The maximum Gasteiger partial charge on any atom is 0.118 e. The van der Waals surface area contributed by atoms with Gasteiger partial charge in [-0.05, 0) is 62.1 Å². The van der Waals surface area contributed by atoms with Crippen molar-refractivity contribution in [2.75, 3.05) is 7.11 Å². The lowest BCUT2D eigenvalue weighted by molar-refractivity contribution is 0.414. The molecule has 1 atom stereocenters. The van der Waals surface area contributed by atoms with Gasteiger partial charge in [0, 0.05) is 0 Å².